The third-order valence-electron chi connectivity index (χ3n) is 4.68. The summed E-state index contributed by atoms with van der Waals surface area (Å²) >= 11 is 1.88. The van der Waals surface area contributed by atoms with Gasteiger partial charge in [-0.1, -0.05) is 19.1 Å². The minimum absolute atomic E-state index is 0.0835. The van der Waals surface area contributed by atoms with Crippen molar-refractivity contribution < 1.29 is 14.3 Å². The van der Waals surface area contributed by atoms with E-state index in [1.807, 2.05) is 40.9 Å². The highest BCUT2D eigenvalue weighted by atomic mass is 32.2. The largest absolute Gasteiger partial charge is 0.493 e. The molecule has 0 aromatic heterocycles. The van der Waals surface area contributed by atoms with Crippen LogP contribution in [-0.4, -0.2) is 37.3 Å². The fraction of sp³-hybridized carbons (Fsp3) is 0.381. The van der Waals surface area contributed by atoms with Gasteiger partial charge in [0.2, 0.25) is 0 Å². The van der Waals surface area contributed by atoms with Gasteiger partial charge in [-0.3, -0.25) is 4.79 Å². The molecule has 0 saturated heterocycles. The van der Waals surface area contributed by atoms with Crippen molar-refractivity contribution in [1.29, 1.82) is 0 Å². The summed E-state index contributed by atoms with van der Waals surface area (Å²) < 4.78 is 10.8. The van der Waals surface area contributed by atoms with Crippen LogP contribution >= 0.6 is 11.8 Å². The van der Waals surface area contributed by atoms with Gasteiger partial charge in [0.25, 0.3) is 5.91 Å². The van der Waals surface area contributed by atoms with Crippen LogP contribution in [-0.2, 0) is 18.7 Å². The number of amides is 1. The van der Waals surface area contributed by atoms with Crippen molar-refractivity contribution in [3.05, 3.63) is 58.7 Å². The molecule has 5 heteroatoms. The standard InChI is InChI=1S/C21H25NO3S/c1-4-26-14-15-5-7-16(8-6-15)21(23)22-10-9-17-11-19(24-2)20(25-3)12-18(17)13-22/h5-8,11-12H,4,9-10,13-14H2,1-3H3. The number of nitrogens with zero attached hydrogens (tertiary/aromatic N) is 1. The van der Waals surface area contributed by atoms with E-state index in [2.05, 4.69) is 19.1 Å². The smallest absolute Gasteiger partial charge is 0.254 e. The quantitative estimate of drug-likeness (QED) is 0.764. The SMILES string of the molecule is CCSCc1ccc(C(=O)N2CCc3cc(OC)c(OC)cc3C2)cc1. The molecule has 0 atom stereocenters. The molecule has 138 valence electrons. The summed E-state index contributed by atoms with van der Waals surface area (Å²) in [6, 6.07) is 12.0. The Morgan fingerprint density at radius 2 is 1.73 bits per heavy atom. The van der Waals surface area contributed by atoms with Gasteiger partial charge in [0.15, 0.2) is 11.5 Å². The zero-order valence-corrected chi connectivity index (χ0v) is 16.4. The summed E-state index contributed by atoms with van der Waals surface area (Å²) in [4.78, 5) is 14.8. The lowest BCUT2D eigenvalue weighted by molar-refractivity contribution is 0.0734. The van der Waals surface area contributed by atoms with E-state index in [-0.39, 0.29) is 5.91 Å². The Morgan fingerprint density at radius 1 is 1.08 bits per heavy atom. The highest BCUT2D eigenvalue weighted by molar-refractivity contribution is 7.98. The number of benzene rings is 2. The van der Waals surface area contributed by atoms with Crippen molar-refractivity contribution in [1.82, 2.24) is 4.90 Å². The molecule has 0 aliphatic carbocycles. The molecular formula is C21H25NO3S. The van der Waals surface area contributed by atoms with Gasteiger partial charge in [-0.2, -0.15) is 11.8 Å². The first kappa shape index (κ1) is 18.6. The molecule has 0 saturated carbocycles. The first-order chi connectivity index (χ1) is 12.7. The Hall–Kier alpha value is -2.14. The zero-order valence-electron chi connectivity index (χ0n) is 15.6. The van der Waals surface area contributed by atoms with E-state index < -0.39 is 0 Å². The molecule has 0 N–H and O–H groups in total. The van der Waals surface area contributed by atoms with E-state index in [0.717, 1.165) is 41.3 Å². The van der Waals surface area contributed by atoms with Gasteiger partial charge in [0.1, 0.15) is 0 Å². The molecular weight excluding hydrogens is 346 g/mol. The second-order valence-corrected chi connectivity index (χ2v) is 7.56. The number of thioether (sulfide) groups is 1. The molecule has 0 spiro atoms. The molecule has 1 amide bonds. The van der Waals surface area contributed by atoms with Crippen molar-refractivity contribution in [3.8, 4) is 11.5 Å². The Bertz CT molecular complexity index is 774. The lowest BCUT2D eigenvalue weighted by Crippen LogP contribution is -2.36. The van der Waals surface area contributed by atoms with E-state index in [1.54, 1.807) is 14.2 Å². The molecule has 2 aromatic rings. The summed E-state index contributed by atoms with van der Waals surface area (Å²) in [5.74, 6) is 3.62. The van der Waals surface area contributed by atoms with Crippen LogP contribution in [0.15, 0.2) is 36.4 Å². The second-order valence-electron chi connectivity index (χ2n) is 6.29. The van der Waals surface area contributed by atoms with Crippen molar-refractivity contribution >= 4 is 17.7 Å². The lowest BCUT2D eigenvalue weighted by Gasteiger charge is -2.29. The van der Waals surface area contributed by atoms with Gasteiger partial charge in [0, 0.05) is 24.4 Å². The second kappa shape index (κ2) is 8.49. The molecule has 3 rings (SSSR count). The average Bonchev–Trinajstić information content (AvgIpc) is 2.70. The van der Waals surface area contributed by atoms with Crippen LogP contribution in [0, 0.1) is 0 Å². The van der Waals surface area contributed by atoms with Gasteiger partial charge < -0.3 is 14.4 Å². The molecule has 0 fully saturated rings. The Kier molecular flexibility index (Phi) is 6.09. The highest BCUT2D eigenvalue weighted by Crippen LogP contribution is 2.33. The minimum Gasteiger partial charge on any atom is -0.493 e. The molecule has 0 bridgehead atoms. The average molecular weight is 372 g/mol. The Balaban J connectivity index is 1.74. The summed E-state index contributed by atoms with van der Waals surface area (Å²) in [5.41, 5.74) is 4.35. The van der Waals surface area contributed by atoms with Crippen molar-refractivity contribution in [2.75, 3.05) is 26.5 Å². The number of hydrogen-bond donors (Lipinski definition) is 0. The third kappa shape index (κ3) is 3.98. The van der Waals surface area contributed by atoms with E-state index in [0.29, 0.717) is 12.3 Å². The molecule has 26 heavy (non-hydrogen) atoms. The van der Waals surface area contributed by atoms with Crippen LogP contribution in [0.3, 0.4) is 0 Å². The predicted octanol–water partition coefficient (Wildman–Crippen LogP) is 4.16. The van der Waals surface area contributed by atoms with Crippen molar-refractivity contribution in [2.45, 2.75) is 25.6 Å². The number of methoxy groups -OCH3 is 2. The monoisotopic (exact) mass is 371 g/mol. The zero-order chi connectivity index (χ0) is 18.5. The van der Waals surface area contributed by atoms with Gasteiger partial charge in [-0.15, -0.1) is 0 Å². The maximum absolute atomic E-state index is 12.9. The van der Waals surface area contributed by atoms with E-state index in [1.165, 1.54) is 11.1 Å². The number of rotatable bonds is 6. The number of carbonyl (C=O) groups excluding carboxylic acids is 1. The van der Waals surface area contributed by atoms with Crippen LogP contribution in [0.25, 0.3) is 0 Å². The lowest BCUT2D eigenvalue weighted by atomic mass is 9.98. The number of fused-ring (bicyclic) bond motifs is 1. The van der Waals surface area contributed by atoms with Crippen LogP contribution in [0.5, 0.6) is 11.5 Å². The topological polar surface area (TPSA) is 38.8 Å². The third-order valence-corrected chi connectivity index (χ3v) is 5.62. The Labute approximate surface area is 159 Å². The van der Waals surface area contributed by atoms with Crippen LogP contribution < -0.4 is 9.47 Å². The van der Waals surface area contributed by atoms with Crippen LogP contribution in [0.1, 0.15) is 34.0 Å². The summed E-state index contributed by atoms with van der Waals surface area (Å²) in [6.45, 7) is 3.47. The van der Waals surface area contributed by atoms with Crippen LogP contribution in [0.4, 0.5) is 0 Å². The molecule has 0 radical (unpaired) electrons. The molecule has 4 nitrogen and oxygen atoms in total. The fourth-order valence-electron chi connectivity index (χ4n) is 3.20. The van der Waals surface area contributed by atoms with Crippen molar-refractivity contribution in [3.63, 3.8) is 0 Å². The molecule has 1 aliphatic heterocycles. The summed E-state index contributed by atoms with van der Waals surface area (Å²) in [6.07, 6.45) is 0.826. The molecule has 1 aliphatic rings. The summed E-state index contributed by atoms with van der Waals surface area (Å²) in [5, 5.41) is 0. The first-order valence-electron chi connectivity index (χ1n) is 8.86. The number of ether oxygens (including phenoxy) is 2. The Morgan fingerprint density at radius 3 is 2.35 bits per heavy atom. The minimum atomic E-state index is 0.0835. The highest BCUT2D eigenvalue weighted by Gasteiger charge is 2.23. The fourth-order valence-corrected chi connectivity index (χ4v) is 3.83. The molecule has 2 aromatic carbocycles. The predicted molar refractivity (Wildman–Crippen MR) is 106 cm³/mol. The number of hydrogen-bond acceptors (Lipinski definition) is 4. The molecule has 1 heterocycles. The van der Waals surface area contributed by atoms with Gasteiger partial charge in [-0.05, 0) is 53.1 Å². The van der Waals surface area contributed by atoms with Gasteiger partial charge >= 0.3 is 0 Å². The maximum Gasteiger partial charge on any atom is 0.254 e. The maximum atomic E-state index is 12.9. The van der Waals surface area contributed by atoms with Crippen LogP contribution in [0.2, 0.25) is 0 Å². The van der Waals surface area contributed by atoms with E-state index in [4.69, 9.17) is 9.47 Å². The van der Waals surface area contributed by atoms with E-state index >= 15 is 0 Å². The number of carbonyl (C=O) groups is 1. The van der Waals surface area contributed by atoms with Gasteiger partial charge in [0.05, 0.1) is 14.2 Å². The summed E-state index contributed by atoms with van der Waals surface area (Å²) in [7, 11) is 3.28. The van der Waals surface area contributed by atoms with Crippen molar-refractivity contribution in [2.24, 2.45) is 0 Å². The van der Waals surface area contributed by atoms with Gasteiger partial charge in [-0.25, -0.2) is 0 Å². The molecule has 0 unspecified atom stereocenters. The normalized spacial score (nSPS) is 13.3. The first-order valence-corrected chi connectivity index (χ1v) is 10.0. The van der Waals surface area contributed by atoms with E-state index in [9.17, 15) is 4.79 Å².